The number of rotatable bonds is 2. The van der Waals surface area contributed by atoms with Gasteiger partial charge in [0.1, 0.15) is 22.2 Å². The van der Waals surface area contributed by atoms with Crippen molar-refractivity contribution in [3.63, 3.8) is 0 Å². The third-order valence-corrected chi connectivity index (χ3v) is 3.24. The van der Waals surface area contributed by atoms with Gasteiger partial charge in [-0.05, 0) is 34.6 Å². The highest BCUT2D eigenvalue weighted by molar-refractivity contribution is 7.91. The first-order valence-electron chi connectivity index (χ1n) is 4.99. The second-order valence-corrected chi connectivity index (χ2v) is 6.92. The molecule has 1 aliphatic rings. The summed E-state index contributed by atoms with van der Waals surface area (Å²) in [5.74, 6) is -0.556. The van der Waals surface area contributed by atoms with Crippen LogP contribution in [0, 0.1) is 0 Å². The van der Waals surface area contributed by atoms with Gasteiger partial charge in [-0.1, -0.05) is 4.40 Å². The molecule has 0 aromatic rings. The van der Waals surface area contributed by atoms with Gasteiger partial charge in [-0.2, -0.15) is 0 Å². The fourth-order valence-corrected chi connectivity index (χ4v) is 1.63. The summed E-state index contributed by atoms with van der Waals surface area (Å²) < 4.78 is 26.1. The van der Waals surface area contributed by atoms with E-state index in [1.807, 2.05) is 34.6 Å². The summed E-state index contributed by atoms with van der Waals surface area (Å²) in [7, 11) is 0. The molecule has 0 unspecified atom stereocenters. The van der Waals surface area contributed by atoms with Crippen molar-refractivity contribution >= 4 is 17.6 Å². The normalized spacial score (nSPS) is 28.5. The summed E-state index contributed by atoms with van der Waals surface area (Å²) in [5, 5.41) is 0. The molecule has 1 saturated heterocycles. The first-order valence-corrected chi connectivity index (χ1v) is 6.09. The van der Waals surface area contributed by atoms with Gasteiger partial charge in [-0.25, -0.2) is 0 Å². The van der Waals surface area contributed by atoms with Gasteiger partial charge in [0.15, 0.2) is 5.79 Å². The Kier molecular flexibility index (Phi) is 3.81. The van der Waals surface area contributed by atoms with Gasteiger partial charge in [-0.15, -0.1) is 0 Å². The molecular weight excluding hydrogens is 214 g/mol. The minimum absolute atomic E-state index is 0.189. The molecule has 5 heteroatoms. The summed E-state index contributed by atoms with van der Waals surface area (Å²) in [6.07, 6.45) is 1.39. The average molecular weight is 233 g/mol. The first-order chi connectivity index (χ1) is 6.71. The Morgan fingerprint density at radius 3 is 2.47 bits per heavy atom. The summed E-state index contributed by atoms with van der Waals surface area (Å²) >= 11 is -1.22. The summed E-state index contributed by atoms with van der Waals surface area (Å²) in [4.78, 5) is 0. The summed E-state index contributed by atoms with van der Waals surface area (Å²) in [6.45, 7) is 9.82. The van der Waals surface area contributed by atoms with Crippen molar-refractivity contribution in [1.29, 1.82) is 0 Å². The molecule has 0 radical (unpaired) electrons. The van der Waals surface area contributed by atoms with E-state index >= 15 is 0 Å². The molecule has 15 heavy (non-hydrogen) atoms. The van der Waals surface area contributed by atoms with Crippen LogP contribution in [0.3, 0.4) is 0 Å². The van der Waals surface area contributed by atoms with E-state index < -0.39 is 17.1 Å². The van der Waals surface area contributed by atoms with E-state index in [0.29, 0.717) is 6.61 Å². The van der Waals surface area contributed by atoms with Crippen molar-refractivity contribution in [3.05, 3.63) is 0 Å². The summed E-state index contributed by atoms with van der Waals surface area (Å²) in [6, 6.07) is 0. The molecule has 1 fully saturated rings. The molecule has 0 N–H and O–H groups in total. The minimum Gasteiger partial charge on any atom is -0.591 e. The second kappa shape index (κ2) is 4.41. The molecule has 0 aromatic heterocycles. The van der Waals surface area contributed by atoms with Crippen LogP contribution < -0.4 is 0 Å². The van der Waals surface area contributed by atoms with E-state index in [4.69, 9.17) is 9.47 Å². The van der Waals surface area contributed by atoms with E-state index in [1.165, 1.54) is 0 Å². The van der Waals surface area contributed by atoms with Crippen LogP contribution in [0.1, 0.15) is 34.6 Å². The highest BCUT2D eigenvalue weighted by Crippen LogP contribution is 2.22. The number of nitrogens with zero attached hydrogens (tertiary/aromatic N) is 1. The lowest BCUT2D eigenvalue weighted by Crippen LogP contribution is -2.27. The molecule has 0 saturated carbocycles. The molecule has 0 spiro atoms. The van der Waals surface area contributed by atoms with Crippen molar-refractivity contribution in [2.24, 2.45) is 4.40 Å². The fourth-order valence-electron chi connectivity index (χ4n) is 1.07. The molecule has 2 atom stereocenters. The molecule has 1 heterocycles. The van der Waals surface area contributed by atoms with Crippen molar-refractivity contribution in [2.75, 3.05) is 6.61 Å². The highest BCUT2D eigenvalue weighted by atomic mass is 32.2. The third-order valence-electron chi connectivity index (χ3n) is 1.88. The molecule has 0 aromatic carbocycles. The van der Waals surface area contributed by atoms with E-state index in [-0.39, 0.29) is 10.9 Å². The molecule has 88 valence electrons. The predicted octanol–water partition coefficient (Wildman–Crippen LogP) is 1.67. The van der Waals surface area contributed by atoms with E-state index in [9.17, 15) is 4.55 Å². The van der Waals surface area contributed by atoms with Crippen LogP contribution in [0.15, 0.2) is 4.40 Å². The average Bonchev–Trinajstić information content (AvgIpc) is 2.39. The highest BCUT2D eigenvalue weighted by Gasteiger charge is 2.33. The van der Waals surface area contributed by atoms with Gasteiger partial charge in [0, 0.05) is 0 Å². The lowest BCUT2D eigenvalue weighted by atomic mass is 10.3. The van der Waals surface area contributed by atoms with Crippen molar-refractivity contribution < 1.29 is 14.0 Å². The predicted molar refractivity (Wildman–Crippen MR) is 61.3 cm³/mol. The van der Waals surface area contributed by atoms with Crippen molar-refractivity contribution in [3.8, 4) is 0 Å². The van der Waals surface area contributed by atoms with Crippen LogP contribution in [0.2, 0.25) is 0 Å². The Hall–Kier alpha value is -0.100. The summed E-state index contributed by atoms with van der Waals surface area (Å²) in [5.41, 5.74) is 0. The van der Waals surface area contributed by atoms with E-state index in [0.717, 1.165) is 0 Å². The zero-order valence-electron chi connectivity index (χ0n) is 9.94. The van der Waals surface area contributed by atoms with Gasteiger partial charge in [0.25, 0.3) is 0 Å². The van der Waals surface area contributed by atoms with Crippen LogP contribution in [0.5, 0.6) is 0 Å². The Bertz CT molecular complexity index is 248. The molecule has 0 amide bonds. The number of hydrogen-bond donors (Lipinski definition) is 0. The molecule has 0 bridgehead atoms. The van der Waals surface area contributed by atoms with E-state index in [2.05, 4.69) is 4.40 Å². The van der Waals surface area contributed by atoms with Crippen molar-refractivity contribution in [1.82, 2.24) is 0 Å². The van der Waals surface area contributed by atoms with Gasteiger partial charge < -0.3 is 14.0 Å². The monoisotopic (exact) mass is 233 g/mol. The van der Waals surface area contributed by atoms with Crippen LogP contribution in [0.25, 0.3) is 0 Å². The fraction of sp³-hybridized carbons (Fsp3) is 0.900. The molecule has 4 nitrogen and oxygen atoms in total. The van der Waals surface area contributed by atoms with Crippen LogP contribution in [-0.2, 0) is 20.8 Å². The number of hydrogen-bond acceptors (Lipinski definition) is 4. The quantitative estimate of drug-likeness (QED) is 0.538. The van der Waals surface area contributed by atoms with Gasteiger partial charge in [0.05, 0.1) is 12.8 Å². The number of ether oxygens (including phenoxy) is 2. The van der Waals surface area contributed by atoms with Crippen molar-refractivity contribution in [2.45, 2.75) is 51.3 Å². The maximum Gasteiger partial charge on any atom is 0.163 e. The van der Waals surface area contributed by atoms with Gasteiger partial charge >= 0.3 is 0 Å². The molecular formula is C10H19NO3S. The lowest BCUT2D eigenvalue weighted by Gasteiger charge is -2.18. The molecule has 0 aliphatic carbocycles. The SMILES string of the molecule is CC1(C)OC[C@H](C=N[S@@+]([O-])C(C)(C)C)O1. The standard InChI is InChI=1S/C10H19NO3S/c1-9(2,3)15(12)11-6-8-7-13-10(4,5)14-8/h6,8H,7H2,1-5H3/t8-,15-/m0/s1. The Balaban J connectivity index is 2.46. The minimum atomic E-state index is -1.22. The Labute approximate surface area is 94.4 Å². The molecule has 1 rings (SSSR count). The third kappa shape index (κ3) is 4.10. The zero-order chi connectivity index (χ0) is 11.7. The smallest absolute Gasteiger partial charge is 0.163 e. The molecule has 1 aliphatic heterocycles. The van der Waals surface area contributed by atoms with Crippen LogP contribution in [0.4, 0.5) is 0 Å². The Morgan fingerprint density at radius 1 is 1.47 bits per heavy atom. The van der Waals surface area contributed by atoms with Crippen LogP contribution >= 0.6 is 0 Å². The van der Waals surface area contributed by atoms with Crippen LogP contribution in [-0.4, -0.2) is 34.0 Å². The lowest BCUT2D eigenvalue weighted by molar-refractivity contribution is -0.130. The van der Waals surface area contributed by atoms with Gasteiger partial charge in [-0.3, -0.25) is 0 Å². The van der Waals surface area contributed by atoms with Gasteiger partial charge in [0.2, 0.25) is 0 Å². The second-order valence-electron chi connectivity index (χ2n) is 4.98. The maximum atomic E-state index is 11.6. The zero-order valence-corrected chi connectivity index (χ0v) is 10.8. The maximum absolute atomic E-state index is 11.6. The first kappa shape index (κ1) is 13.0. The largest absolute Gasteiger partial charge is 0.591 e. The topological polar surface area (TPSA) is 53.9 Å². The van der Waals surface area contributed by atoms with E-state index in [1.54, 1.807) is 6.21 Å². The Morgan fingerprint density at radius 2 is 2.07 bits per heavy atom.